The van der Waals surface area contributed by atoms with Gasteiger partial charge in [0.15, 0.2) is 0 Å². The van der Waals surface area contributed by atoms with Gasteiger partial charge in [0.2, 0.25) is 0 Å². The van der Waals surface area contributed by atoms with E-state index >= 15 is 0 Å². The molecule has 0 aliphatic rings. The number of nitrogens with one attached hydrogen (secondary N) is 1. The van der Waals surface area contributed by atoms with E-state index in [4.69, 9.17) is 0 Å². The topological polar surface area (TPSA) is 21.3 Å². The number of benzene rings is 1. The van der Waals surface area contributed by atoms with Gasteiger partial charge >= 0.3 is 6.61 Å². The fourth-order valence-electron chi connectivity index (χ4n) is 1.93. The minimum atomic E-state index is -2.79. The summed E-state index contributed by atoms with van der Waals surface area (Å²) >= 11 is 5.12. The van der Waals surface area contributed by atoms with Crippen LogP contribution in [0.5, 0.6) is 5.75 Å². The second kappa shape index (κ2) is 7.15. The molecule has 1 aromatic heterocycles. The fraction of sp³-hybridized carbons (Fsp3) is 0.286. The van der Waals surface area contributed by atoms with Gasteiger partial charge in [-0.05, 0) is 46.7 Å². The van der Waals surface area contributed by atoms with Crippen molar-refractivity contribution in [1.82, 2.24) is 5.32 Å². The normalized spacial score (nSPS) is 12.7. The van der Waals surface area contributed by atoms with E-state index in [9.17, 15) is 8.78 Å². The van der Waals surface area contributed by atoms with Crippen LogP contribution in [0.25, 0.3) is 0 Å². The zero-order valence-corrected chi connectivity index (χ0v) is 13.2. The maximum absolute atomic E-state index is 12.1. The Kier molecular flexibility index (Phi) is 5.51. The lowest BCUT2D eigenvalue weighted by Crippen LogP contribution is -2.18. The van der Waals surface area contributed by atoms with Gasteiger partial charge in [-0.25, -0.2) is 0 Å². The average molecular weight is 362 g/mol. The summed E-state index contributed by atoms with van der Waals surface area (Å²) in [7, 11) is 1.89. The molecule has 0 saturated heterocycles. The Labute approximate surface area is 128 Å². The van der Waals surface area contributed by atoms with Gasteiger partial charge in [-0.2, -0.15) is 8.78 Å². The Morgan fingerprint density at radius 2 is 2.00 bits per heavy atom. The zero-order chi connectivity index (χ0) is 14.5. The zero-order valence-electron chi connectivity index (χ0n) is 10.8. The number of alkyl halides is 2. The van der Waals surface area contributed by atoms with Gasteiger partial charge in [0.25, 0.3) is 0 Å². The van der Waals surface area contributed by atoms with E-state index in [-0.39, 0.29) is 11.8 Å². The summed E-state index contributed by atoms with van der Waals surface area (Å²) in [6.07, 6.45) is 0.849. The smallest absolute Gasteiger partial charge is 0.387 e. The van der Waals surface area contributed by atoms with Crippen LogP contribution in [0.15, 0.2) is 40.2 Å². The summed E-state index contributed by atoms with van der Waals surface area (Å²) in [4.78, 5) is 1.25. The van der Waals surface area contributed by atoms with E-state index < -0.39 is 6.61 Å². The van der Waals surface area contributed by atoms with Crippen molar-refractivity contribution in [3.8, 4) is 5.75 Å². The van der Waals surface area contributed by atoms with Crippen molar-refractivity contribution in [2.45, 2.75) is 19.1 Å². The van der Waals surface area contributed by atoms with Crippen LogP contribution in [0.4, 0.5) is 8.78 Å². The molecular formula is C14H14BrF2NOS. The van der Waals surface area contributed by atoms with Crippen LogP contribution >= 0.6 is 27.3 Å². The second-order valence-electron chi connectivity index (χ2n) is 4.22. The third-order valence-corrected chi connectivity index (χ3v) is 4.60. The molecule has 1 aromatic carbocycles. The van der Waals surface area contributed by atoms with Gasteiger partial charge in [0.1, 0.15) is 5.75 Å². The summed E-state index contributed by atoms with van der Waals surface area (Å²) < 4.78 is 29.6. The van der Waals surface area contributed by atoms with Crippen LogP contribution in [0.3, 0.4) is 0 Å². The number of ether oxygens (including phenoxy) is 1. The minimum Gasteiger partial charge on any atom is -0.435 e. The molecule has 0 fully saturated rings. The second-order valence-corrected chi connectivity index (χ2v) is 6.14. The largest absolute Gasteiger partial charge is 0.435 e. The van der Waals surface area contributed by atoms with Crippen LogP contribution in [-0.2, 0) is 6.42 Å². The number of hydrogen-bond donors (Lipinski definition) is 1. The SMILES string of the molecule is CNC(Cc1cc(Br)cs1)c1ccc(OC(F)F)cc1. The minimum absolute atomic E-state index is 0.140. The first kappa shape index (κ1) is 15.4. The average Bonchev–Trinajstić information content (AvgIpc) is 2.82. The highest BCUT2D eigenvalue weighted by atomic mass is 79.9. The molecule has 2 aromatic rings. The van der Waals surface area contributed by atoms with Crippen LogP contribution in [0.2, 0.25) is 0 Å². The van der Waals surface area contributed by atoms with E-state index in [1.807, 2.05) is 24.6 Å². The van der Waals surface area contributed by atoms with E-state index in [0.29, 0.717) is 0 Å². The summed E-state index contributed by atoms with van der Waals surface area (Å²) in [5, 5.41) is 5.28. The molecule has 0 radical (unpaired) electrons. The molecule has 6 heteroatoms. The Balaban J connectivity index is 2.07. The molecule has 1 unspecified atom stereocenters. The molecule has 0 aliphatic carbocycles. The van der Waals surface area contributed by atoms with E-state index in [2.05, 4.69) is 32.0 Å². The Bertz CT molecular complexity index is 544. The molecule has 0 amide bonds. The first-order valence-electron chi connectivity index (χ1n) is 6.03. The summed E-state index contributed by atoms with van der Waals surface area (Å²) in [6.45, 7) is -2.79. The van der Waals surface area contributed by atoms with E-state index in [1.165, 1.54) is 4.88 Å². The number of rotatable bonds is 6. The van der Waals surface area contributed by atoms with Gasteiger partial charge in [-0.15, -0.1) is 11.3 Å². The predicted octanol–water partition coefficient (Wildman–Crippen LogP) is 4.62. The predicted molar refractivity (Wildman–Crippen MR) is 80.6 cm³/mol. The number of hydrogen-bond acceptors (Lipinski definition) is 3. The van der Waals surface area contributed by atoms with Gasteiger partial charge in [-0.1, -0.05) is 12.1 Å². The van der Waals surface area contributed by atoms with Gasteiger partial charge < -0.3 is 10.1 Å². The Morgan fingerprint density at radius 1 is 1.30 bits per heavy atom. The van der Waals surface area contributed by atoms with Crippen molar-refractivity contribution >= 4 is 27.3 Å². The maximum atomic E-state index is 12.1. The number of thiophene rings is 1. The van der Waals surface area contributed by atoms with Crippen molar-refractivity contribution in [2.24, 2.45) is 0 Å². The highest BCUT2D eigenvalue weighted by Gasteiger charge is 2.12. The number of halogens is 3. The third-order valence-electron chi connectivity index (χ3n) is 2.88. The molecule has 1 atom stereocenters. The maximum Gasteiger partial charge on any atom is 0.387 e. The monoisotopic (exact) mass is 361 g/mol. The lowest BCUT2D eigenvalue weighted by molar-refractivity contribution is -0.0498. The van der Waals surface area contributed by atoms with Gasteiger partial charge in [-0.3, -0.25) is 0 Å². The summed E-state index contributed by atoms with van der Waals surface area (Å²) in [6, 6.07) is 8.97. The fourth-order valence-corrected chi connectivity index (χ4v) is 3.43. The molecule has 2 rings (SSSR count). The molecule has 0 aliphatic heterocycles. The lowest BCUT2D eigenvalue weighted by Gasteiger charge is -2.16. The molecule has 2 nitrogen and oxygen atoms in total. The van der Waals surface area contributed by atoms with E-state index in [1.54, 1.807) is 23.5 Å². The molecule has 20 heavy (non-hydrogen) atoms. The molecule has 1 N–H and O–H groups in total. The van der Waals surface area contributed by atoms with Crippen molar-refractivity contribution < 1.29 is 13.5 Å². The molecular weight excluding hydrogens is 348 g/mol. The molecule has 1 heterocycles. The standard InChI is InChI=1S/C14H14BrF2NOS/c1-18-13(7-12-6-10(15)8-20-12)9-2-4-11(5-3-9)19-14(16)17/h2-6,8,13-14,18H,7H2,1H3. The highest BCUT2D eigenvalue weighted by molar-refractivity contribution is 9.10. The lowest BCUT2D eigenvalue weighted by atomic mass is 10.0. The summed E-state index contributed by atoms with van der Waals surface area (Å²) in [5.41, 5.74) is 1.04. The van der Waals surface area contributed by atoms with E-state index in [0.717, 1.165) is 16.5 Å². The van der Waals surface area contributed by atoms with Gasteiger partial charge in [0.05, 0.1) is 0 Å². The van der Waals surface area contributed by atoms with Crippen molar-refractivity contribution in [1.29, 1.82) is 0 Å². The molecule has 0 spiro atoms. The third kappa shape index (κ3) is 4.26. The van der Waals surface area contributed by atoms with Crippen molar-refractivity contribution in [2.75, 3.05) is 7.05 Å². The first-order valence-corrected chi connectivity index (χ1v) is 7.70. The summed E-state index contributed by atoms with van der Waals surface area (Å²) in [5.74, 6) is 0.178. The quantitative estimate of drug-likeness (QED) is 0.810. The van der Waals surface area contributed by atoms with Crippen LogP contribution in [0, 0.1) is 0 Å². The molecule has 108 valence electrons. The highest BCUT2D eigenvalue weighted by Crippen LogP contribution is 2.26. The van der Waals surface area contributed by atoms with Crippen LogP contribution < -0.4 is 10.1 Å². The Hall–Kier alpha value is -0.980. The van der Waals surface area contributed by atoms with Crippen molar-refractivity contribution in [3.05, 3.63) is 50.6 Å². The molecule has 0 bridgehead atoms. The van der Waals surface area contributed by atoms with Crippen molar-refractivity contribution in [3.63, 3.8) is 0 Å². The van der Waals surface area contributed by atoms with Crippen LogP contribution in [-0.4, -0.2) is 13.7 Å². The molecule has 0 saturated carbocycles. The van der Waals surface area contributed by atoms with Crippen LogP contribution in [0.1, 0.15) is 16.5 Å². The first-order chi connectivity index (χ1) is 9.58. The number of likely N-dealkylation sites (N-methyl/N-ethyl adjacent to an activating group) is 1. The Morgan fingerprint density at radius 3 is 2.50 bits per heavy atom. The van der Waals surface area contributed by atoms with Gasteiger partial charge in [0, 0.05) is 27.2 Å².